The molecule has 7 heteroatoms. The predicted octanol–water partition coefficient (Wildman–Crippen LogP) is 4.99. The van der Waals surface area contributed by atoms with E-state index < -0.39 is 10.3 Å². The monoisotopic (exact) mass is 457 g/mol. The van der Waals surface area contributed by atoms with Gasteiger partial charge in [0.2, 0.25) is 0 Å². The Hall–Kier alpha value is -2.67. The first-order valence-electron chi connectivity index (χ1n) is 9.36. The molecule has 2 atom stereocenters. The van der Waals surface area contributed by atoms with Crippen molar-refractivity contribution in [2.75, 3.05) is 6.61 Å². The van der Waals surface area contributed by atoms with E-state index in [-0.39, 0.29) is 17.6 Å². The third-order valence-corrected chi connectivity index (χ3v) is 6.38. The molecule has 1 aliphatic heterocycles. The van der Waals surface area contributed by atoms with Crippen LogP contribution in [0.3, 0.4) is 0 Å². The van der Waals surface area contributed by atoms with Gasteiger partial charge in [0, 0.05) is 18.1 Å². The van der Waals surface area contributed by atoms with E-state index in [9.17, 15) is 14.9 Å². The standard InChI is InChI=1S/C22H20BrNO5/c1-14-8-17-13-29-21(25)22(17,10-14)11-16-4-7-20(19(23)9-16)28-12-15-2-5-18(6-3-15)24(26)27/h2-7,9,17H,1,8,10-13H2. The highest BCUT2D eigenvalue weighted by atomic mass is 79.9. The summed E-state index contributed by atoms with van der Waals surface area (Å²) in [5, 5.41) is 10.7. The molecule has 1 heterocycles. The highest BCUT2D eigenvalue weighted by molar-refractivity contribution is 9.10. The van der Waals surface area contributed by atoms with Crippen molar-refractivity contribution < 1.29 is 19.2 Å². The molecule has 1 saturated carbocycles. The lowest BCUT2D eigenvalue weighted by molar-refractivity contribution is -0.384. The molecule has 2 unspecified atom stereocenters. The van der Waals surface area contributed by atoms with E-state index in [1.165, 1.54) is 12.1 Å². The number of ether oxygens (including phenoxy) is 2. The van der Waals surface area contributed by atoms with E-state index in [4.69, 9.17) is 9.47 Å². The summed E-state index contributed by atoms with van der Waals surface area (Å²) in [6.45, 7) is 4.86. The number of hydrogen-bond acceptors (Lipinski definition) is 5. The first kappa shape index (κ1) is 19.6. The highest BCUT2D eigenvalue weighted by Gasteiger charge is 2.55. The molecule has 2 aromatic carbocycles. The van der Waals surface area contributed by atoms with E-state index in [0.717, 1.165) is 27.6 Å². The Morgan fingerprint density at radius 3 is 2.66 bits per heavy atom. The number of carbonyl (C=O) groups excluding carboxylic acids is 1. The maximum Gasteiger partial charge on any atom is 0.313 e. The van der Waals surface area contributed by atoms with Crippen molar-refractivity contribution in [1.29, 1.82) is 0 Å². The fraction of sp³-hybridized carbons (Fsp3) is 0.318. The second-order valence-corrected chi connectivity index (χ2v) is 8.59. The number of benzene rings is 2. The Morgan fingerprint density at radius 1 is 1.24 bits per heavy atom. The van der Waals surface area contributed by atoms with Crippen LogP contribution in [0.4, 0.5) is 5.69 Å². The van der Waals surface area contributed by atoms with E-state index >= 15 is 0 Å². The van der Waals surface area contributed by atoms with Gasteiger partial charge in [-0.2, -0.15) is 0 Å². The van der Waals surface area contributed by atoms with E-state index in [0.29, 0.717) is 31.8 Å². The number of non-ortho nitro benzene ring substituents is 1. The Balaban J connectivity index is 1.45. The second-order valence-electron chi connectivity index (χ2n) is 7.74. The molecule has 0 bridgehead atoms. The molecule has 0 N–H and O–H groups in total. The van der Waals surface area contributed by atoms with Crippen LogP contribution in [0.2, 0.25) is 0 Å². The fourth-order valence-electron chi connectivity index (χ4n) is 4.27. The zero-order chi connectivity index (χ0) is 20.6. The molecule has 6 nitrogen and oxygen atoms in total. The minimum atomic E-state index is -0.488. The van der Waals surface area contributed by atoms with Crippen LogP contribution < -0.4 is 4.74 Å². The molecule has 0 spiro atoms. The van der Waals surface area contributed by atoms with E-state index in [2.05, 4.69) is 22.5 Å². The molecule has 29 heavy (non-hydrogen) atoms. The van der Waals surface area contributed by atoms with Crippen LogP contribution in [0.1, 0.15) is 24.0 Å². The van der Waals surface area contributed by atoms with Gasteiger partial charge in [0.1, 0.15) is 12.4 Å². The van der Waals surface area contributed by atoms with Crippen LogP contribution in [0, 0.1) is 21.4 Å². The lowest BCUT2D eigenvalue weighted by Crippen LogP contribution is -2.31. The molecule has 0 radical (unpaired) electrons. The smallest absolute Gasteiger partial charge is 0.313 e. The lowest BCUT2D eigenvalue weighted by Gasteiger charge is -2.24. The van der Waals surface area contributed by atoms with Gasteiger partial charge < -0.3 is 9.47 Å². The van der Waals surface area contributed by atoms with Crippen molar-refractivity contribution in [3.63, 3.8) is 0 Å². The van der Waals surface area contributed by atoms with Crippen LogP contribution in [-0.2, 0) is 22.6 Å². The molecule has 1 aliphatic carbocycles. The SMILES string of the molecule is C=C1CC2COC(=O)C2(Cc2ccc(OCc3ccc([N+](=O)[O-])cc3)c(Br)c2)C1. The van der Waals surface area contributed by atoms with Crippen LogP contribution in [0.5, 0.6) is 5.75 Å². The van der Waals surface area contributed by atoms with Crippen molar-refractivity contribution in [3.05, 3.63) is 80.3 Å². The molecular weight excluding hydrogens is 438 g/mol. The van der Waals surface area contributed by atoms with Crippen LogP contribution in [0.25, 0.3) is 0 Å². The number of fused-ring (bicyclic) bond motifs is 1. The molecule has 4 rings (SSSR count). The van der Waals surface area contributed by atoms with Gasteiger partial charge >= 0.3 is 5.97 Å². The second kappa shape index (κ2) is 7.63. The molecule has 150 valence electrons. The Morgan fingerprint density at radius 2 is 1.97 bits per heavy atom. The highest BCUT2D eigenvalue weighted by Crippen LogP contribution is 2.52. The number of halogens is 1. The van der Waals surface area contributed by atoms with E-state index in [1.807, 2.05) is 18.2 Å². The van der Waals surface area contributed by atoms with Crippen LogP contribution in [0.15, 0.2) is 59.1 Å². The molecule has 2 aliphatic rings. The number of nitrogens with zero attached hydrogens (tertiary/aromatic N) is 1. The van der Waals surface area contributed by atoms with Crippen molar-refractivity contribution in [3.8, 4) is 5.75 Å². The van der Waals surface area contributed by atoms with Gasteiger partial charge in [-0.15, -0.1) is 0 Å². The van der Waals surface area contributed by atoms with Gasteiger partial charge in [-0.25, -0.2) is 0 Å². The van der Waals surface area contributed by atoms with Gasteiger partial charge in [-0.1, -0.05) is 18.2 Å². The number of nitro benzene ring substituents is 1. The molecule has 0 aromatic heterocycles. The molecule has 1 saturated heterocycles. The van der Waals surface area contributed by atoms with Crippen LogP contribution in [-0.4, -0.2) is 17.5 Å². The van der Waals surface area contributed by atoms with Crippen molar-refractivity contribution in [2.45, 2.75) is 25.9 Å². The zero-order valence-corrected chi connectivity index (χ0v) is 17.3. The topological polar surface area (TPSA) is 78.7 Å². The summed E-state index contributed by atoms with van der Waals surface area (Å²) in [5.41, 5.74) is 2.56. The van der Waals surface area contributed by atoms with Crippen molar-refractivity contribution >= 4 is 27.6 Å². The molecule has 2 fully saturated rings. The maximum atomic E-state index is 12.5. The number of cyclic esters (lactones) is 1. The van der Waals surface area contributed by atoms with Crippen LogP contribution >= 0.6 is 15.9 Å². The van der Waals surface area contributed by atoms with Gasteiger partial charge in [0.05, 0.1) is 21.4 Å². The summed E-state index contributed by atoms with van der Waals surface area (Å²) in [6.07, 6.45) is 2.16. The quantitative estimate of drug-likeness (QED) is 0.264. The Labute approximate surface area is 176 Å². The third kappa shape index (κ3) is 3.79. The normalized spacial score (nSPS) is 23.0. The number of esters is 1. The molecule has 0 amide bonds. The number of carbonyl (C=O) groups is 1. The van der Waals surface area contributed by atoms with Crippen molar-refractivity contribution in [1.82, 2.24) is 0 Å². The summed E-state index contributed by atoms with van der Waals surface area (Å²) in [5.74, 6) is 0.765. The molecule has 2 aromatic rings. The van der Waals surface area contributed by atoms with Gasteiger partial charge in [0.15, 0.2) is 0 Å². The number of allylic oxidation sites excluding steroid dienone is 1. The predicted molar refractivity (Wildman–Crippen MR) is 111 cm³/mol. The van der Waals surface area contributed by atoms with Crippen molar-refractivity contribution in [2.24, 2.45) is 11.3 Å². The number of rotatable bonds is 6. The number of hydrogen-bond donors (Lipinski definition) is 0. The van der Waals surface area contributed by atoms with Gasteiger partial charge in [-0.05, 0) is 70.6 Å². The summed E-state index contributed by atoms with van der Waals surface area (Å²) in [6, 6.07) is 12.1. The zero-order valence-electron chi connectivity index (χ0n) is 15.7. The minimum absolute atomic E-state index is 0.0528. The molecular formula is C22H20BrNO5. The summed E-state index contributed by atoms with van der Waals surface area (Å²) in [7, 11) is 0. The summed E-state index contributed by atoms with van der Waals surface area (Å²) in [4.78, 5) is 22.8. The first-order chi connectivity index (χ1) is 13.9. The maximum absolute atomic E-state index is 12.5. The minimum Gasteiger partial charge on any atom is -0.488 e. The average molecular weight is 458 g/mol. The summed E-state index contributed by atoms with van der Waals surface area (Å²) >= 11 is 3.55. The Kier molecular flexibility index (Phi) is 5.17. The average Bonchev–Trinajstić information content (AvgIpc) is 3.15. The summed E-state index contributed by atoms with van der Waals surface area (Å²) < 4.78 is 12.0. The first-order valence-corrected chi connectivity index (χ1v) is 10.1. The number of nitro groups is 1. The lowest BCUT2D eigenvalue weighted by atomic mass is 9.75. The largest absolute Gasteiger partial charge is 0.488 e. The van der Waals surface area contributed by atoms with Gasteiger partial charge in [0.25, 0.3) is 5.69 Å². The van der Waals surface area contributed by atoms with E-state index in [1.54, 1.807) is 12.1 Å². The fourth-order valence-corrected chi connectivity index (χ4v) is 4.81. The Bertz CT molecular complexity index is 987. The van der Waals surface area contributed by atoms with Gasteiger partial charge in [-0.3, -0.25) is 14.9 Å². The third-order valence-electron chi connectivity index (χ3n) is 5.76.